The molecule has 0 unspecified atom stereocenters. The van der Waals surface area contributed by atoms with E-state index in [9.17, 15) is 9.59 Å². The molecule has 0 atom stereocenters. The molecular formula is C10H10O4S. The third-order valence-corrected chi connectivity index (χ3v) is 2.47. The molecule has 0 saturated heterocycles. The molecule has 0 amide bonds. The first-order valence-electron chi connectivity index (χ1n) is 4.17. The van der Waals surface area contributed by atoms with Gasteiger partial charge in [0.15, 0.2) is 0 Å². The van der Waals surface area contributed by atoms with Crippen molar-refractivity contribution in [3.05, 3.63) is 28.0 Å². The van der Waals surface area contributed by atoms with E-state index in [0.717, 1.165) is 4.88 Å². The van der Waals surface area contributed by atoms with Crippen LogP contribution in [0.5, 0.6) is 0 Å². The highest BCUT2D eigenvalue weighted by Crippen LogP contribution is 2.16. The third-order valence-electron chi connectivity index (χ3n) is 1.65. The van der Waals surface area contributed by atoms with Crippen molar-refractivity contribution in [3.63, 3.8) is 0 Å². The number of hydrogen-bond acceptors (Lipinski definition) is 4. The van der Waals surface area contributed by atoms with Crippen LogP contribution in [0.4, 0.5) is 0 Å². The molecule has 0 spiro atoms. The molecular weight excluding hydrogens is 216 g/mol. The average Bonchev–Trinajstić information content (AvgIpc) is 2.67. The Kier molecular flexibility index (Phi) is 4.05. The summed E-state index contributed by atoms with van der Waals surface area (Å²) in [6, 6.07) is 3.63. The molecule has 1 N–H and O–H groups in total. The predicted octanol–water partition coefficient (Wildman–Crippen LogP) is 1.78. The highest BCUT2D eigenvalue weighted by atomic mass is 32.1. The standard InChI is InChI=1S/C10H10O4S/c1-14-10(13)7(6-9(11)12)5-8-3-2-4-15-8/h2-5H,6H2,1H3,(H,11,12)/b7-5-. The molecule has 1 aromatic heterocycles. The largest absolute Gasteiger partial charge is 0.481 e. The Bertz CT molecular complexity index is 378. The van der Waals surface area contributed by atoms with Gasteiger partial charge in [0.25, 0.3) is 0 Å². The summed E-state index contributed by atoms with van der Waals surface area (Å²) in [6.45, 7) is 0. The van der Waals surface area contributed by atoms with Crippen molar-refractivity contribution >= 4 is 29.4 Å². The third kappa shape index (κ3) is 3.55. The second kappa shape index (κ2) is 5.31. The molecule has 0 aliphatic carbocycles. The smallest absolute Gasteiger partial charge is 0.334 e. The average molecular weight is 226 g/mol. The minimum atomic E-state index is -1.05. The van der Waals surface area contributed by atoms with Gasteiger partial charge in [0.05, 0.1) is 13.5 Å². The van der Waals surface area contributed by atoms with E-state index < -0.39 is 11.9 Å². The van der Waals surface area contributed by atoms with Crippen LogP contribution in [0, 0.1) is 0 Å². The molecule has 0 saturated carbocycles. The van der Waals surface area contributed by atoms with E-state index in [1.807, 2.05) is 11.4 Å². The zero-order valence-corrected chi connectivity index (χ0v) is 8.91. The Hall–Kier alpha value is -1.62. The predicted molar refractivity (Wildman–Crippen MR) is 56.6 cm³/mol. The summed E-state index contributed by atoms with van der Waals surface area (Å²) in [6.07, 6.45) is 1.20. The topological polar surface area (TPSA) is 63.6 Å². The van der Waals surface area contributed by atoms with Gasteiger partial charge in [-0.2, -0.15) is 0 Å². The Balaban J connectivity index is 2.90. The van der Waals surface area contributed by atoms with Crippen LogP contribution < -0.4 is 0 Å². The molecule has 0 aliphatic heterocycles. The number of ether oxygens (including phenoxy) is 1. The molecule has 0 bridgehead atoms. The normalized spacial score (nSPS) is 11.1. The molecule has 0 fully saturated rings. The van der Waals surface area contributed by atoms with Crippen LogP contribution in [-0.2, 0) is 14.3 Å². The monoisotopic (exact) mass is 226 g/mol. The van der Waals surface area contributed by atoms with Gasteiger partial charge in [0.1, 0.15) is 0 Å². The highest BCUT2D eigenvalue weighted by Gasteiger charge is 2.13. The summed E-state index contributed by atoms with van der Waals surface area (Å²) >= 11 is 1.43. The number of carbonyl (C=O) groups excluding carboxylic acids is 1. The number of esters is 1. The van der Waals surface area contributed by atoms with Crippen molar-refractivity contribution in [2.24, 2.45) is 0 Å². The molecule has 0 radical (unpaired) electrons. The van der Waals surface area contributed by atoms with Gasteiger partial charge < -0.3 is 9.84 Å². The summed E-state index contributed by atoms with van der Waals surface area (Å²) in [7, 11) is 1.23. The van der Waals surface area contributed by atoms with Crippen molar-refractivity contribution in [1.82, 2.24) is 0 Å². The van der Waals surface area contributed by atoms with E-state index in [0.29, 0.717) is 0 Å². The van der Waals surface area contributed by atoms with E-state index in [-0.39, 0.29) is 12.0 Å². The lowest BCUT2D eigenvalue weighted by Crippen LogP contribution is -2.09. The first-order valence-corrected chi connectivity index (χ1v) is 5.05. The molecule has 0 aliphatic rings. The zero-order chi connectivity index (χ0) is 11.3. The Morgan fingerprint density at radius 1 is 1.60 bits per heavy atom. The summed E-state index contributed by atoms with van der Waals surface area (Å²) in [5.74, 6) is -1.66. The van der Waals surface area contributed by atoms with E-state index >= 15 is 0 Å². The van der Waals surface area contributed by atoms with Crippen LogP contribution in [0.2, 0.25) is 0 Å². The van der Waals surface area contributed by atoms with Crippen LogP contribution in [0.3, 0.4) is 0 Å². The molecule has 80 valence electrons. The molecule has 1 rings (SSSR count). The Labute approximate surface area is 90.8 Å². The van der Waals surface area contributed by atoms with Crippen LogP contribution in [0.25, 0.3) is 6.08 Å². The van der Waals surface area contributed by atoms with Crippen molar-refractivity contribution in [3.8, 4) is 0 Å². The first kappa shape index (κ1) is 11.5. The summed E-state index contributed by atoms with van der Waals surface area (Å²) in [5, 5.41) is 10.5. The molecule has 1 aromatic rings. The number of carboxylic acids is 1. The van der Waals surface area contributed by atoms with Gasteiger partial charge in [-0.25, -0.2) is 4.79 Å². The number of carboxylic acid groups (broad SMARTS) is 1. The second-order valence-corrected chi connectivity index (χ2v) is 3.73. The fraction of sp³-hybridized carbons (Fsp3) is 0.200. The number of methoxy groups -OCH3 is 1. The molecule has 15 heavy (non-hydrogen) atoms. The molecule has 1 heterocycles. The van der Waals surface area contributed by atoms with Crippen molar-refractivity contribution < 1.29 is 19.4 Å². The minimum absolute atomic E-state index is 0.146. The fourth-order valence-electron chi connectivity index (χ4n) is 1.02. The summed E-state index contributed by atoms with van der Waals surface area (Å²) < 4.78 is 4.50. The summed E-state index contributed by atoms with van der Waals surface area (Å²) in [5.41, 5.74) is 0.146. The number of aliphatic carboxylic acids is 1. The zero-order valence-electron chi connectivity index (χ0n) is 8.10. The van der Waals surface area contributed by atoms with Crippen LogP contribution in [-0.4, -0.2) is 24.2 Å². The van der Waals surface area contributed by atoms with Gasteiger partial charge in [-0.1, -0.05) is 6.07 Å². The number of carbonyl (C=O) groups is 2. The van der Waals surface area contributed by atoms with Crippen LogP contribution in [0.1, 0.15) is 11.3 Å². The van der Waals surface area contributed by atoms with E-state index in [1.54, 1.807) is 6.07 Å². The second-order valence-electron chi connectivity index (χ2n) is 2.75. The molecule has 5 heteroatoms. The number of thiophene rings is 1. The number of hydrogen-bond donors (Lipinski definition) is 1. The molecule has 4 nitrogen and oxygen atoms in total. The number of rotatable bonds is 4. The van der Waals surface area contributed by atoms with E-state index in [1.165, 1.54) is 24.5 Å². The van der Waals surface area contributed by atoms with E-state index in [2.05, 4.69) is 4.74 Å². The maximum atomic E-state index is 11.2. The van der Waals surface area contributed by atoms with E-state index in [4.69, 9.17) is 5.11 Å². The van der Waals surface area contributed by atoms with Gasteiger partial charge in [-0.3, -0.25) is 4.79 Å². The van der Waals surface area contributed by atoms with Crippen molar-refractivity contribution in [2.75, 3.05) is 7.11 Å². The highest BCUT2D eigenvalue weighted by molar-refractivity contribution is 7.10. The minimum Gasteiger partial charge on any atom is -0.481 e. The lowest BCUT2D eigenvalue weighted by molar-refractivity contribution is -0.141. The maximum Gasteiger partial charge on any atom is 0.334 e. The van der Waals surface area contributed by atoms with Gasteiger partial charge >= 0.3 is 11.9 Å². The van der Waals surface area contributed by atoms with Crippen LogP contribution in [0.15, 0.2) is 23.1 Å². The quantitative estimate of drug-likeness (QED) is 0.628. The van der Waals surface area contributed by atoms with Gasteiger partial charge in [-0.05, 0) is 17.5 Å². The van der Waals surface area contributed by atoms with Crippen molar-refractivity contribution in [2.45, 2.75) is 6.42 Å². The summed E-state index contributed by atoms with van der Waals surface area (Å²) in [4.78, 5) is 22.6. The van der Waals surface area contributed by atoms with Crippen LogP contribution >= 0.6 is 11.3 Å². The Morgan fingerprint density at radius 2 is 2.33 bits per heavy atom. The lowest BCUT2D eigenvalue weighted by Gasteiger charge is -2.01. The SMILES string of the molecule is COC(=O)/C(=C\c1cccs1)CC(=O)O. The first-order chi connectivity index (χ1) is 7.13. The van der Waals surface area contributed by atoms with Gasteiger partial charge in [0, 0.05) is 10.5 Å². The Morgan fingerprint density at radius 3 is 2.80 bits per heavy atom. The van der Waals surface area contributed by atoms with Crippen molar-refractivity contribution in [1.29, 1.82) is 0 Å². The maximum absolute atomic E-state index is 11.2. The fourth-order valence-corrected chi connectivity index (χ4v) is 1.70. The van der Waals surface area contributed by atoms with Gasteiger partial charge in [0.2, 0.25) is 0 Å². The lowest BCUT2D eigenvalue weighted by atomic mass is 10.1. The molecule has 0 aromatic carbocycles. The van der Waals surface area contributed by atoms with Gasteiger partial charge in [-0.15, -0.1) is 11.3 Å².